The third kappa shape index (κ3) is 12.5. The average Bonchev–Trinajstić information content (AvgIpc) is 2.57. The van der Waals surface area contributed by atoms with Crippen LogP contribution in [0.25, 0.3) is 10.6 Å². The van der Waals surface area contributed by atoms with E-state index in [2.05, 4.69) is 21.3 Å². The van der Waals surface area contributed by atoms with Gasteiger partial charge >= 0.3 is 17.1 Å². The molecule has 0 saturated carbocycles. The van der Waals surface area contributed by atoms with Crippen molar-refractivity contribution in [1.82, 2.24) is 10.6 Å². The van der Waals surface area contributed by atoms with Gasteiger partial charge in [0.2, 0.25) is 0 Å². The Hall–Kier alpha value is -0.561. The normalized spacial score (nSPS) is 19.6. The van der Waals surface area contributed by atoms with Gasteiger partial charge in [-0.2, -0.15) is 0 Å². The predicted molar refractivity (Wildman–Crippen MR) is 94.7 cm³/mol. The molecule has 23 heavy (non-hydrogen) atoms. The van der Waals surface area contributed by atoms with Crippen molar-refractivity contribution in [2.24, 2.45) is 11.5 Å². The number of nitrogens with two attached hydrogens (primary N) is 2. The van der Waals surface area contributed by atoms with E-state index in [9.17, 15) is 0 Å². The summed E-state index contributed by atoms with van der Waals surface area (Å²) in [4.78, 5) is 0. The molecule has 1 unspecified atom stereocenters. The molecule has 1 saturated heterocycles. The van der Waals surface area contributed by atoms with Crippen LogP contribution in [-0.2, 0) is 17.1 Å². The molecule has 0 aromatic carbocycles. The van der Waals surface area contributed by atoms with E-state index in [0.717, 1.165) is 64.4 Å². The molecular formula is C16H32CuN6. The fourth-order valence-electron chi connectivity index (χ4n) is 2.17. The molecule has 7 heteroatoms. The minimum absolute atomic E-state index is 0. The fourth-order valence-corrected chi connectivity index (χ4v) is 2.17. The van der Waals surface area contributed by atoms with Crippen LogP contribution in [0.2, 0.25) is 0 Å². The van der Waals surface area contributed by atoms with Crippen LogP contribution in [0, 0.1) is 0 Å². The van der Waals surface area contributed by atoms with Gasteiger partial charge in [0.1, 0.15) is 0 Å². The maximum Gasteiger partial charge on any atom is 2.00 e. The first kappa shape index (κ1) is 22.4. The summed E-state index contributed by atoms with van der Waals surface area (Å²) in [5.41, 5.74) is 10.6. The minimum atomic E-state index is 0. The van der Waals surface area contributed by atoms with Gasteiger partial charge in [0.25, 0.3) is 0 Å². The van der Waals surface area contributed by atoms with Crippen LogP contribution in [0.1, 0.15) is 32.1 Å². The standard InChI is InChI=1S/C10H15N3.C6H17N3.Cu/c1-3-7-11-9(5-1)13-10-6-2-4-8-12-10;7-3-1-5-9-6-2-4-8;/h1,3,5,10,13H,2,4,6-8H2;9H,1-8H2;/q-2;;+2. The summed E-state index contributed by atoms with van der Waals surface area (Å²) in [6, 6.07) is 0. The van der Waals surface area contributed by atoms with E-state index in [1.165, 1.54) is 12.8 Å². The van der Waals surface area contributed by atoms with Gasteiger partial charge < -0.3 is 32.7 Å². The largest absolute Gasteiger partial charge is 2.00 e. The van der Waals surface area contributed by atoms with E-state index in [1.807, 2.05) is 18.2 Å². The number of hydrogen-bond donors (Lipinski definition) is 4. The Morgan fingerprint density at radius 3 is 2.39 bits per heavy atom. The van der Waals surface area contributed by atoms with E-state index in [1.54, 1.807) is 0 Å². The van der Waals surface area contributed by atoms with Gasteiger partial charge in [-0.15, -0.1) is 12.7 Å². The Kier molecular flexibility index (Phi) is 15.9. The number of piperidine rings is 1. The van der Waals surface area contributed by atoms with Crippen molar-refractivity contribution >= 4 is 0 Å². The van der Waals surface area contributed by atoms with Crippen LogP contribution >= 0.6 is 0 Å². The first-order chi connectivity index (χ1) is 10.9. The molecular weight excluding hydrogens is 340 g/mol. The molecule has 2 rings (SSSR count). The van der Waals surface area contributed by atoms with E-state index in [-0.39, 0.29) is 17.1 Å². The summed E-state index contributed by atoms with van der Waals surface area (Å²) in [7, 11) is 0. The molecule has 0 aliphatic carbocycles. The van der Waals surface area contributed by atoms with Gasteiger partial charge in [-0.1, -0.05) is 43.3 Å². The van der Waals surface area contributed by atoms with E-state index < -0.39 is 0 Å². The molecule has 6 N–H and O–H groups in total. The summed E-state index contributed by atoms with van der Waals surface area (Å²) < 4.78 is 0. The van der Waals surface area contributed by atoms with Crippen molar-refractivity contribution in [3.63, 3.8) is 0 Å². The molecule has 2 aliphatic heterocycles. The van der Waals surface area contributed by atoms with Crippen LogP contribution in [-0.4, -0.2) is 45.4 Å². The molecule has 137 valence electrons. The number of nitrogens with zero attached hydrogens (tertiary/aromatic N) is 2. The van der Waals surface area contributed by atoms with Gasteiger partial charge in [-0.05, 0) is 45.6 Å². The molecule has 6 nitrogen and oxygen atoms in total. The maximum atomic E-state index is 5.28. The summed E-state index contributed by atoms with van der Waals surface area (Å²) in [6.07, 6.45) is 12.2. The third-order valence-corrected chi connectivity index (χ3v) is 3.42. The van der Waals surface area contributed by atoms with Crippen molar-refractivity contribution < 1.29 is 17.1 Å². The fraction of sp³-hybridized carbons (Fsp3) is 0.750. The van der Waals surface area contributed by atoms with Gasteiger partial charge in [0.15, 0.2) is 0 Å². The zero-order valence-corrected chi connectivity index (χ0v) is 14.9. The number of hydrogen-bond acceptors (Lipinski definition) is 4. The van der Waals surface area contributed by atoms with Crippen molar-refractivity contribution in [2.45, 2.75) is 38.3 Å². The quantitative estimate of drug-likeness (QED) is 0.383. The van der Waals surface area contributed by atoms with Crippen LogP contribution in [0.3, 0.4) is 0 Å². The molecule has 0 amide bonds. The van der Waals surface area contributed by atoms with Crippen LogP contribution in [0.4, 0.5) is 0 Å². The Balaban J connectivity index is 0.000000434. The minimum Gasteiger partial charge on any atom is -0.660 e. The SMILES string of the molecule is C1=CC[N-]C(NC2CCCC[N-]2)=C1.NCCCNCCCN.[Cu+2]. The first-order valence-electron chi connectivity index (χ1n) is 8.45. The van der Waals surface area contributed by atoms with E-state index in [0.29, 0.717) is 6.17 Å². The Labute approximate surface area is 151 Å². The van der Waals surface area contributed by atoms with E-state index >= 15 is 0 Å². The Bertz CT molecular complexity index is 310. The number of nitrogens with one attached hydrogen (secondary N) is 2. The molecule has 1 atom stereocenters. The second kappa shape index (κ2) is 16.3. The maximum absolute atomic E-state index is 5.28. The molecule has 0 aromatic heterocycles. The second-order valence-electron chi connectivity index (χ2n) is 5.42. The molecule has 2 aliphatic rings. The summed E-state index contributed by atoms with van der Waals surface area (Å²) >= 11 is 0. The summed E-state index contributed by atoms with van der Waals surface area (Å²) in [5.74, 6) is 0.984. The molecule has 1 fully saturated rings. The molecule has 0 bridgehead atoms. The molecule has 1 radical (unpaired) electrons. The number of rotatable bonds is 8. The zero-order valence-electron chi connectivity index (χ0n) is 13.9. The van der Waals surface area contributed by atoms with Crippen LogP contribution < -0.4 is 22.1 Å². The van der Waals surface area contributed by atoms with Crippen molar-refractivity contribution in [3.05, 3.63) is 34.7 Å². The van der Waals surface area contributed by atoms with Crippen molar-refractivity contribution in [3.8, 4) is 0 Å². The average molecular weight is 372 g/mol. The van der Waals surface area contributed by atoms with Crippen molar-refractivity contribution in [2.75, 3.05) is 39.3 Å². The number of allylic oxidation sites excluding steroid dienone is 2. The topological polar surface area (TPSA) is 104 Å². The smallest absolute Gasteiger partial charge is 0.660 e. The summed E-state index contributed by atoms with van der Waals surface area (Å²) in [5, 5.41) is 15.4. The Morgan fingerprint density at radius 2 is 1.87 bits per heavy atom. The van der Waals surface area contributed by atoms with Crippen LogP contribution in [0.15, 0.2) is 24.0 Å². The zero-order chi connectivity index (χ0) is 15.9. The van der Waals surface area contributed by atoms with Crippen LogP contribution in [0.5, 0.6) is 0 Å². The monoisotopic (exact) mass is 371 g/mol. The van der Waals surface area contributed by atoms with Gasteiger partial charge in [-0.3, -0.25) is 0 Å². The second-order valence-corrected chi connectivity index (χ2v) is 5.42. The van der Waals surface area contributed by atoms with Gasteiger partial charge in [0, 0.05) is 0 Å². The molecule has 0 aromatic rings. The molecule has 2 heterocycles. The van der Waals surface area contributed by atoms with Crippen molar-refractivity contribution in [1.29, 1.82) is 0 Å². The van der Waals surface area contributed by atoms with Gasteiger partial charge in [0.05, 0.1) is 0 Å². The molecule has 0 spiro atoms. The Morgan fingerprint density at radius 1 is 1.13 bits per heavy atom. The van der Waals surface area contributed by atoms with Gasteiger partial charge in [-0.25, -0.2) is 0 Å². The predicted octanol–water partition coefficient (Wildman–Crippen LogP) is 1.52. The first-order valence-corrected chi connectivity index (χ1v) is 8.45. The third-order valence-electron chi connectivity index (χ3n) is 3.42. The van der Waals surface area contributed by atoms with E-state index in [4.69, 9.17) is 11.5 Å². The summed E-state index contributed by atoms with van der Waals surface area (Å²) in [6.45, 7) is 5.39.